The van der Waals surface area contributed by atoms with E-state index in [4.69, 9.17) is 9.47 Å². The summed E-state index contributed by atoms with van der Waals surface area (Å²) in [5.41, 5.74) is 0. The molecular formula is C31H31N3O7. The van der Waals surface area contributed by atoms with Gasteiger partial charge in [-0.2, -0.15) is 0 Å². The van der Waals surface area contributed by atoms with Crippen LogP contribution in [0.2, 0.25) is 0 Å². The number of nitrogens with one attached hydrogen (secondary N) is 2. The minimum atomic E-state index is -1.37. The van der Waals surface area contributed by atoms with Crippen LogP contribution in [0, 0.1) is 5.92 Å². The third-order valence-electron chi connectivity index (χ3n) is 6.43. The SMILES string of the molecule is CC(C)[C@H](NC(=O)COc1cccc2ccccc12)C(=O)N[C@@H](CC(=O)O)C(=O)COc1cc2ccccc2cn1. The Kier molecular flexibility index (Phi) is 9.47. The summed E-state index contributed by atoms with van der Waals surface area (Å²) in [4.78, 5) is 54.4. The smallest absolute Gasteiger partial charge is 0.305 e. The molecule has 2 amide bonds. The molecule has 41 heavy (non-hydrogen) atoms. The maximum absolute atomic E-state index is 13.1. The molecule has 3 aromatic carbocycles. The van der Waals surface area contributed by atoms with Crippen molar-refractivity contribution in [3.05, 3.63) is 79.0 Å². The molecule has 1 heterocycles. The second-order valence-corrected chi connectivity index (χ2v) is 9.84. The Morgan fingerprint density at radius 3 is 2.24 bits per heavy atom. The van der Waals surface area contributed by atoms with Gasteiger partial charge in [-0.05, 0) is 22.8 Å². The molecule has 0 aliphatic carbocycles. The third kappa shape index (κ3) is 7.78. The minimum absolute atomic E-state index is 0.191. The number of pyridine rings is 1. The molecule has 0 spiro atoms. The van der Waals surface area contributed by atoms with E-state index in [0.29, 0.717) is 5.75 Å². The number of carbonyl (C=O) groups excluding carboxylic acids is 3. The molecule has 10 nitrogen and oxygen atoms in total. The number of ketones is 1. The van der Waals surface area contributed by atoms with E-state index >= 15 is 0 Å². The topological polar surface area (TPSA) is 144 Å². The highest BCUT2D eigenvalue weighted by molar-refractivity contribution is 5.95. The van der Waals surface area contributed by atoms with Crippen LogP contribution in [-0.2, 0) is 19.2 Å². The van der Waals surface area contributed by atoms with Crippen molar-refractivity contribution in [2.45, 2.75) is 32.4 Å². The van der Waals surface area contributed by atoms with Gasteiger partial charge < -0.3 is 25.2 Å². The fraction of sp³-hybridized carbons (Fsp3) is 0.258. The van der Waals surface area contributed by atoms with Crippen molar-refractivity contribution < 1.29 is 33.8 Å². The molecule has 0 radical (unpaired) electrons. The molecule has 1 aromatic heterocycles. The van der Waals surface area contributed by atoms with E-state index in [9.17, 15) is 24.3 Å². The zero-order chi connectivity index (χ0) is 29.4. The molecule has 0 saturated heterocycles. The molecule has 0 bridgehead atoms. The summed E-state index contributed by atoms with van der Waals surface area (Å²) in [6.45, 7) is 2.60. The van der Waals surface area contributed by atoms with Crippen LogP contribution in [0.4, 0.5) is 0 Å². The second-order valence-electron chi connectivity index (χ2n) is 9.84. The average molecular weight is 558 g/mol. The quantitative estimate of drug-likeness (QED) is 0.227. The molecule has 0 saturated carbocycles. The standard InChI is InChI=1S/C31H31N3O7/c1-19(2)30(34-27(36)18-40-26-13-7-11-20-8-5-6-12-23(20)26)31(39)33-24(15-29(37)38)25(35)17-41-28-14-21-9-3-4-10-22(21)16-32-28/h3-14,16,19,24,30H,15,17-18H2,1-2H3,(H,33,39)(H,34,36)(H,37,38)/t24-,30-/m0/s1. The maximum atomic E-state index is 13.1. The Morgan fingerprint density at radius 2 is 1.51 bits per heavy atom. The molecule has 212 valence electrons. The van der Waals surface area contributed by atoms with Crippen molar-refractivity contribution in [2.24, 2.45) is 5.92 Å². The number of carbonyl (C=O) groups is 4. The van der Waals surface area contributed by atoms with Gasteiger partial charge in [0.1, 0.15) is 17.8 Å². The van der Waals surface area contributed by atoms with Gasteiger partial charge in [0.25, 0.3) is 5.91 Å². The van der Waals surface area contributed by atoms with Crippen molar-refractivity contribution in [3.63, 3.8) is 0 Å². The van der Waals surface area contributed by atoms with Crippen molar-refractivity contribution in [2.75, 3.05) is 13.2 Å². The number of benzene rings is 3. The number of aliphatic carboxylic acids is 1. The van der Waals surface area contributed by atoms with E-state index in [1.54, 1.807) is 32.2 Å². The summed E-state index contributed by atoms with van der Waals surface area (Å²) in [6.07, 6.45) is 0.952. The molecule has 4 aromatic rings. The Balaban J connectivity index is 1.36. The summed E-state index contributed by atoms with van der Waals surface area (Å²) in [5, 5.41) is 18.0. The van der Waals surface area contributed by atoms with E-state index < -0.39 is 48.7 Å². The predicted octanol–water partition coefficient (Wildman–Crippen LogP) is 3.52. The monoisotopic (exact) mass is 557 g/mol. The predicted molar refractivity (Wildman–Crippen MR) is 153 cm³/mol. The van der Waals surface area contributed by atoms with Crippen LogP contribution in [0.1, 0.15) is 20.3 Å². The molecule has 0 fully saturated rings. The molecule has 0 aliphatic rings. The van der Waals surface area contributed by atoms with E-state index in [2.05, 4.69) is 15.6 Å². The first-order valence-corrected chi connectivity index (χ1v) is 13.1. The number of aromatic nitrogens is 1. The first-order valence-electron chi connectivity index (χ1n) is 13.1. The first kappa shape index (κ1) is 29.0. The van der Waals surface area contributed by atoms with Gasteiger partial charge in [0.05, 0.1) is 6.42 Å². The van der Waals surface area contributed by atoms with E-state index in [-0.39, 0.29) is 18.4 Å². The summed E-state index contributed by atoms with van der Waals surface area (Å²) in [6, 6.07) is 19.8. The fourth-order valence-electron chi connectivity index (χ4n) is 4.28. The van der Waals surface area contributed by atoms with Crippen LogP contribution in [0.3, 0.4) is 0 Å². The van der Waals surface area contributed by atoms with Crippen LogP contribution in [0.15, 0.2) is 79.0 Å². The number of carboxylic acids is 1. The number of fused-ring (bicyclic) bond motifs is 2. The van der Waals surface area contributed by atoms with Crippen LogP contribution >= 0.6 is 0 Å². The fourth-order valence-corrected chi connectivity index (χ4v) is 4.28. The van der Waals surface area contributed by atoms with E-state index in [0.717, 1.165) is 21.5 Å². The largest absolute Gasteiger partial charge is 0.483 e. The van der Waals surface area contributed by atoms with Gasteiger partial charge in [-0.15, -0.1) is 0 Å². The summed E-state index contributed by atoms with van der Waals surface area (Å²) < 4.78 is 11.2. The van der Waals surface area contributed by atoms with Gasteiger partial charge in [-0.1, -0.05) is 74.5 Å². The van der Waals surface area contributed by atoms with Gasteiger partial charge in [0, 0.05) is 23.0 Å². The number of hydrogen-bond acceptors (Lipinski definition) is 7. The van der Waals surface area contributed by atoms with Crippen molar-refractivity contribution >= 4 is 45.1 Å². The van der Waals surface area contributed by atoms with E-state index in [1.807, 2.05) is 60.7 Å². The molecule has 10 heteroatoms. The molecule has 2 atom stereocenters. The van der Waals surface area contributed by atoms with Crippen LogP contribution in [0.5, 0.6) is 11.6 Å². The summed E-state index contributed by atoms with van der Waals surface area (Å²) in [5.74, 6) is -2.81. The Hall–Kier alpha value is -4.99. The number of amides is 2. The van der Waals surface area contributed by atoms with Crippen molar-refractivity contribution in [1.82, 2.24) is 15.6 Å². The average Bonchev–Trinajstić information content (AvgIpc) is 2.96. The van der Waals surface area contributed by atoms with Crippen LogP contribution in [0.25, 0.3) is 21.5 Å². The number of carboxylic acid groups (broad SMARTS) is 1. The highest BCUT2D eigenvalue weighted by Gasteiger charge is 2.30. The molecule has 3 N–H and O–H groups in total. The number of hydrogen-bond donors (Lipinski definition) is 3. The zero-order valence-corrected chi connectivity index (χ0v) is 22.7. The highest BCUT2D eigenvalue weighted by atomic mass is 16.5. The lowest BCUT2D eigenvalue weighted by Crippen LogP contribution is -2.55. The number of nitrogens with zero attached hydrogens (tertiary/aromatic N) is 1. The zero-order valence-electron chi connectivity index (χ0n) is 22.7. The van der Waals surface area contributed by atoms with Crippen molar-refractivity contribution in [3.8, 4) is 11.6 Å². The van der Waals surface area contributed by atoms with Crippen molar-refractivity contribution in [1.29, 1.82) is 0 Å². The molecule has 0 unspecified atom stereocenters. The Labute approximate surface area is 236 Å². The molecule has 4 rings (SSSR count). The lowest BCUT2D eigenvalue weighted by atomic mass is 10.0. The highest BCUT2D eigenvalue weighted by Crippen LogP contribution is 2.25. The number of rotatable bonds is 13. The summed E-state index contributed by atoms with van der Waals surface area (Å²) >= 11 is 0. The number of ether oxygens (including phenoxy) is 2. The second kappa shape index (κ2) is 13.4. The van der Waals surface area contributed by atoms with Gasteiger partial charge >= 0.3 is 5.97 Å². The lowest BCUT2D eigenvalue weighted by molar-refractivity contribution is -0.141. The maximum Gasteiger partial charge on any atom is 0.305 e. The van der Waals surface area contributed by atoms with Gasteiger partial charge in [0.15, 0.2) is 19.0 Å². The van der Waals surface area contributed by atoms with Crippen LogP contribution < -0.4 is 20.1 Å². The van der Waals surface area contributed by atoms with Gasteiger partial charge in [-0.25, -0.2) is 4.98 Å². The normalized spacial score (nSPS) is 12.5. The van der Waals surface area contributed by atoms with Gasteiger partial charge in [0.2, 0.25) is 11.8 Å². The number of Topliss-reactive ketones (excluding diaryl/α,β-unsaturated/α-hetero) is 1. The lowest BCUT2D eigenvalue weighted by Gasteiger charge is -2.24. The molecule has 0 aliphatic heterocycles. The first-order chi connectivity index (χ1) is 19.7. The Morgan fingerprint density at radius 1 is 0.829 bits per heavy atom. The third-order valence-corrected chi connectivity index (χ3v) is 6.43. The van der Waals surface area contributed by atoms with Crippen LogP contribution in [-0.4, -0.2) is 59.0 Å². The molecular weight excluding hydrogens is 526 g/mol. The van der Waals surface area contributed by atoms with E-state index in [1.165, 1.54) is 0 Å². The Bertz CT molecular complexity index is 1560. The van der Waals surface area contributed by atoms with Gasteiger partial charge in [-0.3, -0.25) is 19.2 Å². The minimum Gasteiger partial charge on any atom is -0.483 e. The summed E-state index contributed by atoms with van der Waals surface area (Å²) in [7, 11) is 0.